The molecule has 1 aliphatic carbocycles. The number of rotatable bonds is 11. The van der Waals surface area contributed by atoms with Crippen molar-refractivity contribution in [2.45, 2.75) is 58.0 Å². The van der Waals surface area contributed by atoms with Gasteiger partial charge < -0.3 is 15.4 Å². The number of sulfonamides is 1. The van der Waals surface area contributed by atoms with Crippen LogP contribution in [-0.2, 0) is 14.8 Å². The molecule has 1 aliphatic rings. The lowest BCUT2D eigenvalue weighted by molar-refractivity contribution is 0.0277. The van der Waals surface area contributed by atoms with E-state index in [2.05, 4.69) is 15.6 Å². The van der Waals surface area contributed by atoms with E-state index in [1.807, 2.05) is 0 Å². The average molecular weight is 504 g/mol. The fourth-order valence-corrected chi connectivity index (χ4v) is 3.70. The van der Waals surface area contributed by atoms with E-state index in [1.54, 1.807) is 21.0 Å². The van der Waals surface area contributed by atoms with E-state index in [-0.39, 0.29) is 29.7 Å². The maximum absolute atomic E-state index is 11.7. The summed E-state index contributed by atoms with van der Waals surface area (Å²) in [6.45, 7) is 4.45. The van der Waals surface area contributed by atoms with Crippen molar-refractivity contribution in [3.05, 3.63) is 0 Å². The lowest BCUT2D eigenvalue weighted by atomic mass is 9.98. The fourth-order valence-electron chi connectivity index (χ4n) is 2.85. The zero-order valence-electron chi connectivity index (χ0n) is 16.5. The van der Waals surface area contributed by atoms with Gasteiger partial charge in [-0.1, -0.05) is 19.3 Å². The fraction of sp³-hybridized carbons (Fsp3) is 0.941. The number of guanidine groups is 1. The van der Waals surface area contributed by atoms with Crippen LogP contribution in [0.25, 0.3) is 0 Å². The number of hydrogen-bond donors (Lipinski definition) is 2. The van der Waals surface area contributed by atoms with Crippen molar-refractivity contribution in [2.24, 2.45) is 4.99 Å². The molecule has 156 valence electrons. The molecule has 0 aliphatic heterocycles. The van der Waals surface area contributed by atoms with Gasteiger partial charge in [0.1, 0.15) is 0 Å². The van der Waals surface area contributed by atoms with Crippen LogP contribution in [0, 0.1) is 0 Å². The highest BCUT2D eigenvalue weighted by atomic mass is 127. The van der Waals surface area contributed by atoms with Gasteiger partial charge in [0, 0.05) is 40.3 Å². The highest BCUT2D eigenvalue weighted by Crippen LogP contribution is 2.20. The molecule has 0 atom stereocenters. The van der Waals surface area contributed by atoms with Crippen molar-refractivity contribution in [1.82, 2.24) is 14.9 Å². The molecule has 0 unspecified atom stereocenters. The smallest absolute Gasteiger partial charge is 0.213 e. The monoisotopic (exact) mass is 504 g/mol. The first kappa shape index (κ1) is 25.9. The first-order chi connectivity index (χ1) is 12.0. The molecule has 1 saturated carbocycles. The molecule has 0 aromatic heterocycles. The number of hydrogen-bond acceptors (Lipinski definition) is 4. The van der Waals surface area contributed by atoms with E-state index >= 15 is 0 Å². The molecule has 0 aromatic rings. The topological polar surface area (TPSA) is 83.0 Å². The Labute approximate surface area is 176 Å². The van der Waals surface area contributed by atoms with Gasteiger partial charge in [0.2, 0.25) is 10.0 Å². The summed E-state index contributed by atoms with van der Waals surface area (Å²) in [5, 5.41) is 6.47. The summed E-state index contributed by atoms with van der Waals surface area (Å²) in [5.41, 5.74) is 0. The molecule has 1 fully saturated rings. The summed E-state index contributed by atoms with van der Waals surface area (Å²) in [5.74, 6) is 0.891. The van der Waals surface area contributed by atoms with Crippen LogP contribution in [0.1, 0.15) is 51.9 Å². The summed E-state index contributed by atoms with van der Waals surface area (Å²) in [6.07, 6.45) is 8.52. The van der Waals surface area contributed by atoms with Crippen LogP contribution < -0.4 is 10.6 Å². The number of nitrogens with one attached hydrogen (secondary N) is 2. The summed E-state index contributed by atoms with van der Waals surface area (Å²) < 4.78 is 30.6. The second kappa shape index (κ2) is 14.9. The van der Waals surface area contributed by atoms with Crippen LogP contribution >= 0.6 is 24.0 Å². The van der Waals surface area contributed by atoms with Gasteiger partial charge in [0.05, 0.1) is 11.9 Å². The van der Waals surface area contributed by atoms with Crippen molar-refractivity contribution in [3.8, 4) is 0 Å². The molecule has 9 heteroatoms. The number of halogens is 1. The quantitative estimate of drug-likeness (QED) is 0.195. The lowest BCUT2D eigenvalue weighted by Gasteiger charge is -2.22. The molecule has 7 nitrogen and oxygen atoms in total. The van der Waals surface area contributed by atoms with E-state index in [0.717, 1.165) is 32.0 Å². The zero-order valence-corrected chi connectivity index (χ0v) is 19.6. The molecule has 0 aromatic carbocycles. The standard InChI is InChI=1S/C17H36N4O3S.HI/c1-4-25(22,23)21(3)14-8-12-19-17(18-2)20-13-9-15-24-16-10-6-5-7-11-16;/h16H,4-15H2,1-3H3,(H2,18,19,20);1H. The second-order valence-corrected chi connectivity index (χ2v) is 8.85. The summed E-state index contributed by atoms with van der Waals surface area (Å²) in [7, 11) is 0.272. The van der Waals surface area contributed by atoms with Crippen LogP contribution in [0.2, 0.25) is 0 Å². The Hall–Kier alpha value is -0.130. The predicted octanol–water partition coefficient (Wildman–Crippen LogP) is 2.18. The molecule has 2 N–H and O–H groups in total. The minimum atomic E-state index is -3.09. The van der Waals surface area contributed by atoms with Gasteiger partial charge in [-0.2, -0.15) is 0 Å². The van der Waals surface area contributed by atoms with Crippen molar-refractivity contribution in [1.29, 1.82) is 0 Å². The van der Waals surface area contributed by atoms with Gasteiger partial charge in [-0.25, -0.2) is 12.7 Å². The third-order valence-electron chi connectivity index (χ3n) is 4.52. The van der Waals surface area contributed by atoms with E-state index in [4.69, 9.17) is 4.74 Å². The van der Waals surface area contributed by atoms with Gasteiger partial charge in [-0.05, 0) is 32.6 Å². The highest BCUT2D eigenvalue weighted by molar-refractivity contribution is 14.0. The number of aliphatic imine (C=N–C) groups is 1. The Kier molecular flexibility index (Phi) is 14.8. The molecule has 0 bridgehead atoms. The maximum Gasteiger partial charge on any atom is 0.213 e. The van der Waals surface area contributed by atoms with Crippen LogP contribution in [0.15, 0.2) is 4.99 Å². The molecule has 0 spiro atoms. The van der Waals surface area contributed by atoms with Crippen LogP contribution in [0.3, 0.4) is 0 Å². The Morgan fingerprint density at radius 1 is 1.15 bits per heavy atom. The van der Waals surface area contributed by atoms with Gasteiger partial charge in [0.15, 0.2) is 5.96 Å². The summed E-state index contributed by atoms with van der Waals surface area (Å²) in [6, 6.07) is 0. The van der Waals surface area contributed by atoms with E-state index in [9.17, 15) is 8.42 Å². The van der Waals surface area contributed by atoms with Crippen LogP contribution in [0.5, 0.6) is 0 Å². The first-order valence-corrected chi connectivity index (χ1v) is 11.1. The predicted molar refractivity (Wildman–Crippen MR) is 119 cm³/mol. The van der Waals surface area contributed by atoms with Crippen molar-refractivity contribution >= 4 is 40.0 Å². The molecule has 0 amide bonds. The molecule has 0 saturated heterocycles. The van der Waals surface area contributed by atoms with Gasteiger partial charge in [0.25, 0.3) is 0 Å². The largest absolute Gasteiger partial charge is 0.378 e. The van der Waals surface area contributed by atoms with E-state index in [0.29, 0.717) is 19.2 Å². The number of nitrogens with zero attached hydrogens (tertiary/aromatic N) is 2. The molecule has 26 heavy (non-hydrogen) atoms. The molecule has 0 radical (unpaired) electrons. The van der Waals surface area contributed by atoms with Crippen molar-refractivity contribution in [2.75, 3.05) is 46.1 Å². The van der Waals surface area contributed by atoms with Crippen LogP contribution in [0.4, 0.5) is 0 Å². The minimum absolute atomic E-state index is 0. The molecular weight excluding hydrogens is 467 g/mol. The normalized spacial score (nSPS) is 16.4. The minimum Gasteiger partial charge on any atom is -0.378 e. The highest BCUT2D eigenvalue weighted by Gasteiger charge is 2.14. The van der Waals surface area contributed by atoms with Crippen molar-refractivity contribution < 1.29 is 13.2 Å². The van der Waals surface area contributed by atoms with Gasteiger partial charge in [-0.3, -0.25) is 4.99 Å². The Balaban J connectivity index is 0.00000625. The Morgan fingerprint density at radius 3 is 2.35 bits per heavy atom. The second-order valence-electron chi connectivity index (χ2n) is 6.49. The molecular formula is C17H37IN4O3S. The Bertz CT molecular complexity index is 482. The SMILES string of the molecule is CCS(=O)(=O)N(C)CCCNC(=NC)NCCCOC1CCCCC1.I. The zero-order chi connectivity index (χ0) is 18.5. The van der Waals surface area contributed by atoms with Crippen molar-refractivity contribution in [3.63, 3.8) is 0 Å². The maximum atomic E-state index is 11.7. The van der Waals surface area contributed by atoms with Gasteiger partial charge in [-0.15, -0.1) is 24.0 Å². The summed E-state index contributed by atoms with van der Waals surface area (Å²) >= 11 is 0. The van der Waals surface area contributed by atoms with E-state index < -0.39 is 10.0 Å². The van der Waals surface area contributed by atoms with Crippen LogP contribution in [-0.4, -0.2) is 70.9 Å². The molecule has 1 rings (SSSR count). The third kappa shape index (κ3) is 10.9. The first-order valence-electron chi connectivity index (χ1n) is 9.49. The summed E-state index contributed by atoms with van der Waals surface area (Å²) in [4.78, 5) is 4.18. The molecule has 0 heterocycles. The number of ether oxygens (including phenoxy) is 1. The lowest BCUT2D eigenvalue weighted by Crippen LogP contribution is -2.39. The van der Waals surface area contributed by atoms with E-state index in [1.165, 1.54) is 36.4 Å². The third-order valence-corrected chi connectivity index (χ3v) is 6.39. The average Bonchev–Trinajstić information content (AvgIpc) is 2.63. The van der Waals surface area contributed by atoms with Gasteiger partial charge >= 0.3 is 0 Å². The Morgan fingerprint density at radius 2 is 1.77 bits per heavy atom.